The predicted octanol–water partition coefficient (Wildman–Crippen LogP) is -1.40. The number of likely N-dealkylation sites (tertiary alicyclic amines) is 1. The number of aliphatic hydroxyl groups is 1. The minimum absolute atomic E-state index is 0.184. The maximum atomic E-state index is 9.67. The van der Waals surface area contributed by atoms with Gasteiger partial charge in [0.05, 0.1) is 6.10 Å². The molecule has 0 spiro atoms. The van der Waals surface area contributed by atoms with Crippen molar-refractivity contribution in [3.8, 4) is 0 Å². The molecule has 0 amide bonds. The Bertz CT molecular complexity index is 176. The van der Waals surface area contributed by atoms with Gasteiger partial charge in [-0.15, -0.1) is 0 Å². The Hall–Kier alpha value is -0.160. The second kappa shape index (κ2) is 3.92. The molecule has 2 saturated heterocycles. The molecule has 4 heteroatoms. The molecule has 2 rings (SSSR count). The van der Waals surface area contributed by atoms with Gasteiger partial charge in [-0.25, -0.2) is 0 Å². The van der Waals surface area contributed by atoms with Gasteiger partial charge in [-0.05, 0) is 25.4 Å². The van der Waals surface area contributed by atoms with E-state index >= 15 is 0 Å². The maximum absolute atomic E-state index is 9.67. The molecular formula is C9H19N3O. The Labute approximate surface area is 79.1 Å². The van der Waals surface area contributed by atoms with E-state index in [1.165, 1.54) is 6.42 Å². The van der Waals surface area contributed by atoms with Gasteiger partial charge in [0.25, 0.3) is 0 Å². The molecule has 4 N–H and O–H groups in total. The normalized spacial score (nSPS) is 41.5. The second-order valence-electron chi connectivity index (χ2n) is 4.18. The van der Waals surface area contributed by atoms with Gasteiger partial charge in [-0.3, -0.25) is 4.90 Å². The number of hydrogen-bond donors (Lipinski definition) is 3. The van der Waals surface area contributed by atoms with E-state index in [4.69, 9.17) is 5.73 Å². The lowest BCUT2D eigenvalue weighted by molar-refractivity contribution is 0.0963. The van der Waals surface area contributed by atoms with Crippen molar-refractivity contribution in [1.82, 2.24) is 10.2 Å². The minimum Gasteiger partial charge on any atom is -0.390 e. The standard InChI is InChI=1S/C9H19N3O/c10-3-7-1-2-12(6-7)8-4-11-5-9(8)13/h7-9,11,13H,1-6,10H2/t7?,8-,9-/m1/s1. The van der Waals surface area contributed by atoms with Gasteiger partial charge in [0, 0.05) is 25.7 Å². The van der Waals surface area contributed by atoms with E-state index in [1.807, 2.05) is 0 Å². The maximum Gasteiger partial charge on any atom is 0.0831 e. The lowest BCUT2D eigenvalue weighted by Gasteiger charge is -2.25. The van der Waals surface area contributed by atoms with Crippen molar-refractivity contribution in [2.75, 3.05) is 32.7 Å². The Morgan fingerprint density at radius 2 is 2.31 bits per heavy atom. The van der Waals surface area contributed by atoms with Crippen molar-refractivity contribution in [3.63, 3.8) is 0 Å². The van der Waals surface area contributed by atoms with Crippen molar-refractivity contribution in [1.29, 1.82) is 0 Å². The summed E-state index contributed by atoms with van der Waals surface area (Å²) in [6, 6.07) is 0.330. The van der Waals surface area contributed by atoms with Gasteiger partial charge in [0.15, 0.2) is 0 Å². The van der Waals surface area contributed by atoms with Gasteiger partial charge >= 0.3 is 0 Å². The van der Waals surface area contributed by atoms with Crippen LogP contribution in [0.3, 0.4) is 0 Å². The number of nitrogens with one attached hydrogen (secondary N) is 1. The zero-order chi connectivity index (χ0) is 9.26. The monoisotopic (exact) mass is 185 g/mol. The highest BCUT2D eigenvalue weighted by Gasteiger charge is 2.34. The average Bonchev–Trinajstić information content (AvgIpc) is 2.71. The Morgan fingerprint density at radius 3 is 2.85 bits per heavy atom. The number of nitrogens with two attached hydrogens (primary N) is 1. The molecule has 0 saturated carbocycles. The highest BCUT2D eigenvalue weighted by molar-refractivity contribution is 4.92. The fourth-order valence-electron chi connectivity index (χ4n) is 2.38. The van der Waals surface area contributed by atoms with Crippen molar-refractivity contribution in [2.24, 2.45) is 11.7 Å². The van der Waals surface area contributed by atoms with E-state index < -0.39 is 0 Å². The topological polar surface area (TPSA) is 61.5 Å². The molecule has 1 unspecified atom stereocenters. The molecule has 13 heavy (non-hydrogen) atoms. The van der Waals surface area contributed by atoms with Crippen molar-refractivity contribution in [2.45, 2.75) is 18.6 Å². The van der Waals surface area contributed by atoms with E-state index in [0.717, 1.165) is 32.7 Å². The molecule has 0 aromatic heterocycles. The van der Waals surface area contributed by atoms with E-state index in [2.05, 4.69) is 10.2 Å². The molecule has 0 bridgehead atoms. The molecule has 2 heterocycles. The highest BCUT2D eigenvalue weighted by atomic mass is 16.3. The van der Waals surface area contributed by atoms with Crippen LogP contribution in [0.1, 0.15) is 6.42 Å². The van der Waals surface area contributed by atoms with Crippen LogP contribution in [-0.4, -0.2) is 54.9 Å². The Balaban J connectivity index is 1.88. The molecule has 3 atom stereocenters. The molecule has 2 aliphatic heterocycles. The zero-order valence-electron chi connectivity index (χ0n) is 7.95. The molecule has 0 aromatic rings. The van der Waals surface area contributed by atoms with Crippen molar-refractivity contribution < 1.29 is 5.11 Å². The third kappa shape index (κ3) is 1.86. The molecule has 76 valence electrons. The van der Waals surface area contributed by atoms with Crippen molar-refractivity contribution >= 4 is 0 Å². The summed E-state index contributed by atoms with van der Waals surface area (Å²) in [5.74, 6) is 0.646. The average molecular weight is 185 g/mol. The fraction of sp³-hybridized carbons (Fsp3) is 1.00. The first kappa shape index (κ1) is 9.40. The first-order chi connectivity index (χ1) is 6.31. The molecule has 2 fully saturated rings. The van der Waals surface area contributed by atoms with Crippen LogP contribution in [0, 0.1) is 5.92 Å². The molecule has 4 nitrogen and oxygen atoms in total. The molecule has 0 aromatic carbocycles. The van der Waals surface area contributed by atoms with Crippen LogP contribution < -0.4 is 11.1 Å². The van der Waals surface area contributed by atoms with E-state index in [1.54, 1.807) is 0 Å². The van der Waals surface area contributed by atoms with Crippen LogP contribution in [0.5, 0.6) is 0 Å². The first-order valence-electron chi connectivity index (χ1n) is 5.14. The molecule has 2 aliphatic rings. The third-order valence-electron chi connectivity index (χ3n) is 3.27. The molecular weight excluding hydrogens is 166 g/mol. The van der Waals surface area contributed by atoms with E-state index in [0.29, 0.717) is 12.0 Å². The summed E-state index contributed by atoms with van der Waals surface area (Å²) in [6.07, 6.45) is 1.01. The molecule has 0 radical (unpaired) electrons. The SMILES string of the molecule is NCC1CCN([C@@H]2CNC[C@H]2O)C1. The Kier molecular flexibility index (Phi) is 2.83. The number of rotatable bonds is 2. The fourth-order valence-corrected chi connectivity index (χ4v) is 2.38. The van der Waals surface area contributed by atoms with Crippen LogP contribution >= 0.6 is 0 Å². The van der Waals surface area contributed by atoms with Crippen molar-refractivity contribution in [3.05, 3.63) is 0 Å². The smallest absolute Gasteiger partial charge is 0.0831 e. The van der Waals surface area contributed by atoms with Crippen LogP contribution in [0.25, 0.3) is 0 Å². The summed E-state index contributed by atoms with van der Waals surface area (Å²) in [6.45, 7) is 4.63. The zero-order valence-corrected chi connectivity index (χ0v) is 7.95. The number of aliphatic hydroxyl groups excluding tert-OH is 1. The molecule has 0 aliphatic carbocycles. The van der Waals surface area contributed by atoms with Crippen LogP contribution in [-0.2, 0) is 0 Å². The van der Waals surface area contributed by atoms with Gasteiger partial charge in [0.2, 0.25) is 0 Å². The van der Waals surface area contributed by atoms with E-state index in [9.17, 15) is 5.11 Å². The second-order valence-corrected chi connectivity index (χ2v) is 4.18. The highest BCUT2D eigenvalue weighted by Crippen LogP contribution is 2.20. The number of nitrogens with zero attached hydrogens (tertiary/aromatic N) is 1. The predicted molar refractivity (Wildman–Crippen MR) is 51.4 cm³/mol. The summed E-state index contributed by atoms with van der Waals surface area (Å²) in [7, 11) is 0. The summed E-state index contributed by atoms with van der Waals surface area (Å²) in [5, 5.41) is 12.9. The summed E-state index contributed by atoms with van der Waals surface area (Å²) in [5.41, 5.74) is 5.62. The first-order valence-corrected chi connectivity index (χ1v) is 5.14. The summed E-state index contributed by atoms with van der Waals surface area (Å²) in [4.78, 5) is 2.38. The van der Waals surface area contributed by atoms with Gasteiger partial charge in [-0.2, -0.15) is 0 Å². The van der Waals surface area contributed by atoms with Crippen LogP contribution in [0.15, 0.2) is 0 Å². The van der Waals surface area contributed by atoms with Gasteiger partial charge in [-0.1, -0.05) is 0 Å². The lowest BCUT2D eigenvalue weighted by Crippen LogP contribution is -2.42. The van der Waals surface area contributed by atoms with Crippen LogP contribution in [0.2, 0.25) is 0 Å². The number of β-amino-alcohol motifs (C(OH)–C–C–N with tert-alkyl or cyclic N) is 1. The largest absolute Gasteiger partial charge is 0.390 e. The van der Waals surface area contributed by atoms with Crippen LogP contribution in [0.4, 0.5) is 0 Å². The third-order valence-corrected chi connectivity index (χ3v) is 3.27. The van der Waals surface area contributed by atoms with Gasteiger partial charge in [0.1, 0.15) is 0 Å². The summed E-state index contributed by atoms with van der Waals surface area (Å²) >= 11 is 0. The van der Waals surface area contributed by atoms with Gasteiger partial charge < -0.3 is 16.2 Å². The summed E-state index contributed by atoms with van der Waals surface area (Å²) < 4.78 is 0. The van der Waals surface area contributed by atoms with E-state index in [-0.39, 0.29) is 6.10 Å². The number of hydrogen-bond acceptors (Lipinski definition) is 4. The minimum atomic E-state index is -0.184. The quantitative estimate of drug-likeness (QED) is 0.495. The Morgan fingerprint density at radius 1 is 1.46 bits per heavy atom. The lowest BCUT2D eigenvalue weighted by atomic mass is 10.1.